The maximum absolute atomic E-state index is 12.2. The summed E-state index contributed by atoms with van der Waals surface area (Å²) in [5.41, 5.74) is 1.48. The van der Waals surface area contributed by atoms with Gasteiger partial charge in [0.1, 0.15) is 11.5 Å². The number of nitrogens with one attached hydrogen (secondary N) is 2. The molecule has 8 nitrogen and oxygen atoms in total. The topological polar surface area (TPSA) is 103 Å². The number of benzene rings is 2. The van der Waals surface area contributed by atoms with E-state index in [2.05, 4.69) is 10.0 Å². The third kappa shape index (κ3) is 6.60. The quantitative estimate of drug-likeness (QED) is 0.548. The summed E-state index contributed by atoms with van der Waals surface area (Å²) in [4.78, 5) is 12.2. The lowest BCUT2D eigenvalue weighted by molar-refractivity contribution is -0.118. The van der Waals surface area contributed by atoms with Gasteiger partial charge in [-0.05, 0) is 42.8 Å². The first-order valence-corrected chi connectivity index (χ1v) is 10.5. The number of aryl methyl sites for hydroxylation is 1. The minimum absolute atomic E-state index is 0.0140. The molecule has 0 aliphatic rings. The summed E-state index contributed by atoms with van der Waals surface area (Å²) in [6.45, 7) is 1.96. The Hall–Kier alpha value is -2.33. The number of carbonyl (C=O) groups is 1. The highest BCUT2D eigenvalue weighted by atomic mass is 35.5. The van der Waals surface area contributed by atoms with Gasteiger partial charge in [0.15, 0.2) is 6.61 Å². The highest BCUT2D eigenvalue weighted by molar-refractivity contribution is 7.89. The van der Waals surface area contributed by atoms with Crippen LogP contribution in [-0.2, 0) is 19.6 Å². The number of ether oxygens (including phenoxy) is 3. The van der Waals surface area contributed by atoms with Gasteiger partial charge in [-0.2, -0.15) is 0 Å². The molecule has 10 heteroatoms. The summed E-state index contributed by atoms with van der Waals surface area (Å²) in [7, 11) is -0.734. The van der Waals surface area contributed by atoms with Crippen molar-refractivity contribution in [3.05, 3.63) is 47.0 Å². The fraction of sp³-hybridized carbons (Fsp3) is 0.316. The smallest absolute Gasteiger partial charge is 0.262 e. The minimum atomic E-state index is -3.72. The molecule has 0 aliphatic heterocycles. The summed E-state index contributed by atoms with van der Waals surface area (Å²) in [5, 5.41) is 2.78. The maximum atomic E-state index is 12.2. The standard InChI is InChI=1S/C19H23ClN2O6S/c1-13-4-6-18(27-3)16(10-13)22-19(23)12-28-17-7-5-14(11-15(17)20)29(24,25)21-8-9-26-2/h4-7,10-11,21H,8-9,12H2,1-3H3,(H,22,23). The van der Waals surface area contributed by atoms with Gasteiger partial charge in [-0.1, -0.05) is 17.7 Å². The number of anilines is 1. The average molecular weight is 443 g/mol. The lowest BCUT2D eigenvalue weighted by Crippen LogP contribution is -2.27. The summed E-state index contributed by atoms with van der Waals surface area (Å²) in [5.74, 6) is 0.300. The fourth-order valence-corrected chi connectivity index (χ4v) is 3.72. The molecule has 0 aromatic heterocycles. The second kappa shape index (κ2) is 10.4. The van der Waals surface area contributed by atoms with Crippen LogP contribution in [0.25, 0.3) is 0 Å². The first-order chi connectivity index (χ1) is 13.8. The van der Waals surface area contributed by atoms with Gasteiger partial charge in [0.2, 0.25) is 10.0 Å². The van der Waals surface area contributed by atoms with Crippen molar-refractivity contribution in [1.82, 2.24) is 4.72 Å². The molecule has 2 rings (SSSR count). The molecule has 0 radical (unpaired) electrons. The largest absolute Gasteiger partial charge is 0.495 e. The number of carbonyl (C=O) groups excluding carboxylic acids is 1. The zero-order chi connectivity index (χ0) is 21.4. The summed E-state index contributed by atoms with van der Waals surface area (Å²) in [6.07, 6.45) is 0. The zero-order valence-corrected chi connectivity index (χ0v) is 17.9. The molecule has 2 aromatic rings. The Morgan fingerprint density at radius 1 is 1.10 bits per heavy atom. The molecule has 0 heterocycles. The molecule has 0 aliphatic carbocycles. The van der Waals surface area contributed by atoms with Crippen molar-refractivity contribution < 1.29 is 27.4 Å². The zero-order valence-electron chi connectivity index (χ0n) is 16.3. The van der Waals surface area contributed by atoms with Gasteiger partial charge in [0.05, 0.1) is 29.3 Å². The van der Waals surface area contributed by atoms with Crippen LogP contribution in [0.5, 0.6) is 11.5 Å². The molecule has 0 atom stereocenters. The van der Waals surface area contributed by atoms with Gasteiger partial charge in [0, 0.05) is 13.7 Å². The van der Waals surface area contributed by atoms with Crippen LogP contribution in [0.4, 0.5) is 5.69 Å². The molecule has 2 aromatic carbocycles. The van der Waals surface area contributed by atoms with Crippen molar-refractivity contribution in [2.45, 2.75) is 11.8 Å². The van der Waals surface area contributed by atoms with Gasteiger partial charge < -0.3 is 19.5 Å². The van der Waals surface area contributed by atoms with Crippen LogP contribution in [0.1, 0.15) is 5.56 Å². The van der Waals surface area contributed by atoms with Gasteiger partial charge >= 0.3 is 0 Å². The van der Waals surface area contributed by atoms with Gasteiger partial charge in [-0.15, -0.1) is 0 Å². The van der Waals surface area contributed by atoms with Crippen LogP contribution in [0.2, 0.25) is 5.02 Å². The fourth-order valence-electron chi connectivity index (χ4n) is 2.38. The Bertz CT molecular complexity index is 965. The molecule has 1 amide bonds. The Balaban J connectivity index is 2.01. The lowest BCUT2D eigenvalue weighted by Gasteiger charge is -2.13. The van der Waals surface area contributed by atoms with E-state index >= 15 is 0 Å². The van der Waals surface area contributed by atoms with Crippen molar-refractivity contribution in [3.63, 3.8) is 0 Å². The molecule has 2 N–H and O–H groups in total. The van der Waals surface area contributed by atoms with Crippen LogP contribution >= 0.6 is 11.6 Å². The SMILES string of the molecule is COCCNS(=O)(=O)c1ccc(OCC(=O)Nc2cc(C)ccc2OC)c(Cl)c1. The van der Waals surface area contributed by atoms with E-state index in [0.717, 1.165) is 5.56 Å². The van der Waals surface area contributed by atoms with Crippen molar-refractivity contribution in [1.29, 1.82) is 0 Å². The van der Waals surface area contributed by atoms with Crippen molar-refractivity contribution in [2.24, 2.45) is 0 Å². The van der Waals surface area contributed by atoms with Crippen molar-refractivity contribution in [3.8, 4) is 11.5 Å². The van der Waals surface area contributed by atoms with E-state index in [4.69, 9.17) is 25.8 Å². The third-order valence-electron chi connectivity index (χ3n) is 3.80. The highest BCUT2D eigenvalue weighted by Gasteiger charge is 2.16. The number of amides is 1. The molecule has 0 saturated heterocycles. The number of hydrogen-bond acceptors (Lipinski definition) is 6. The van der Waals surface area contributed by atoms with Crippen LogP contribution < -0.4 is 19.5 Å². The van der Waals surface area contributed by atoms with E-state index in [1.807, 2.05) is 13.0 Å². The van der Waals surface area contributed by atoms with E-state index < -0.39 is 15.9 Å². The van der Waals surface area contributed by atoms with E-state index in [0.29, 0.717) is 11.4 Å². The number of hydrogen-bond donors (Lipinski definition) is 2. The normalized spacial score (nSPS) is 11.2. The first kappa shape index (κ1) is 23.0. The molecule has 0 spiro atoms. The van der Waals surface area contributed by atoms with Gasteiger partial charge in [0.25, 0.3) is 5.91 Å². The van der Waals surface area contributed by atoms with Crippen LogP contribution in [0, 0.1) is 6.92 Å². The second-order valence-electron chi connectivity index (χ2n) is 6.02. The molecule has 0 bridgehead atoms. The Morgan fingerprint density at radius 2 is 1.83 bits per heavy atom. The number of halogens is 1. The van der Waals surface area contributed by atoms with Gasteiger partial charge in [-0.3, -0.25) is 4.79 Å². The number of rotatable bonds is 10. The molecule has 29 heavy (non-hydrogen) atoms. The molecule has 0 fully saturated rings. The molecular formula is C19H23ClN2O6S. The number of methoxy groups -OCH3 is 2. The molecule has 0 saturated carbocycles. The number of sulfonamides is 1. The van der Waals surface area contributed by atoms with E-state index in [1.54, 1.807) is 12.1 Å². The predicted octanol–water partition coefficient (Wildman–Crippen LogP) is 2.60. The van der Waals surface area contributed by atoms with E-state index in [1.165, 1.54) is 32.4 Å². The van der Waals surface area contributed by atoms with Gasteiger partial charge in [-0.25, -0.2) is 13.1 Å². The monoisotopic (exact) mass is 442 g/mol. The van der Waals surface area contributed by atoms with Crippen LogP contribution in [0.15, 0.2) is 41.3 Å². The maximum Gasteiger partial charge on any atom is 0.262 e. The highest BCUT2D eigenvalue weighted by Crippen LogP contribution is 2.28. The Morgan fingerprint density at radius 3 is 2.48 bits per heavy atom. The van der Waals surface area contributed by atoms with Crippen molar-refractivity contribution in [2.75, 3.05) is 39.3 Å². The van der Waals surface area contributed by atoms with Crippen molar-refractivity contribution >= 4 is 33.2 Å². The predicted molar refractivity (Wildman–Crippen MR) is 110 cm³/mol. The summed E-state index contributed by atoms with van der Waals surface area (Å²) in [6, 6.07) is 9.39. The molecule has 158 valence electrons. The van der Waals surface area contributed by atoms with E-state index in [-0.39, 0.29) is 35.4 Å². The lowest BCUT2D eigenvalue weighted by atomic mass is 10.2. The average Bonchev–Trinajstić information content (AvgIpc) is 2.67. The Labute approximate surface area is 175 Å². The molecular weight excluding hydrogens is 420 g/mol. The third-order valence-corrected chi connectivity index (χ3v) is 5.55. The first-order valence-electron chi connectivity index (χ1n) is 8.62. The van der Waals surface area contributed by atoms with Crippen LogP contribution in [-0.4, -0.2) is 48.3 Å². The second-order valence-corrected chi connectivity index (χ2v) is 8.20. The Kier molecular flexibility index (Phi) is 8.27. The summed E-state index contributed by atoms with van der Waals surface area (Å²) < 4.78 is 42.2. The molecule has 0 unspecified atom stereocenters. The van der Waals surface area contributed by atoms with Crippen LogP contribution in [0.3, 0.4) is 0 Å². The van der Waals surface area contributed by atoms with E-state index in [9.17, 15) is 13.2 Å². The summed E-state index contributed by atoms with van der Waals surface area (Å²) >= 11 is 6.12. The minimum Gasteiger partial charge on any atom is -0.495 e.